The van der Waals surface area contributed by atoms with Crippen molar-refractivity contribution in [3.05, 3.63) is 69.7 Å². The molecule has 0 aliphatic rings. The van der Waals surface area contributed by atoms with Crippen LogP contribution in [0.4, 0.5) is 8.78 Å². The number of rotatable bonds is 6. The first-order valence-corrected chi connectivity index (χ1v) is 8.34. The van der Waals surface area contributed by atoms with Crippen LogP contribution in [-0.2, 0) is 16.0 Å². The van der Waals surface area contributed by atoms with Gasteiger partial charge in [-0.05, 0) is 49.2 Å². The SMILES string of the molecule is C[C@@H](OC(=O)c1ccc(Br)cc1F)C(=O)NCCc1ccc(F)cc1. The molecule has 2 aromatic rings. The molecule has 7 heteroatoms. The second-order valence-electron chi connectivity index (χ2n) is 5.34. The van der Waals surface area contributed by atoms with Gasteiger partial charge >= 0.3 is 5.97 Å². The minimum atomic E-state index is -1.07. The van der Waals surface area contributed by atoms with Gasteiger partial charge in [0.05, 0.1) is 5.56 Å². The van der Waals surface area contributed by atoms with Crippen LogP contribution in [0.1, 0.15) is 22.8 Å². The van der Waals surface area contributed by atoms with E-state index in [2.05, 4.69) is 21.2 Å². The maximum atomic E-state index is 13.7. The predicted molar refractivity (Wildman–Crippen MR) is 92.1 cm³/mol. The van der Waals surface area contributed by atoms with Gasteiger partial charge < -0.3 is 10.1 Å². The average Bonchev–Trinajstić information content (AvgIpc) is 2.56. The lowest BCUT2D eigenvalue weighted by molar-refractivity contribution is -0.129. The number of ether oxygens (including phenoxy) is 1. The molecule has 0 saturated carbocycles. The highest BCUT2D eigenvalue weighted by Gasteiger charge is 2.20. The van der Waals surface area contributed by atoms with E-state index in [9.17, 15) is 18.4 Å². The quantitative estimate of drug-likeness (QED) is 0.738. The molecule has 0 unspecified atom stereocenters. The van der Waals surface area contributed by atoms with Crippen LogP contribution in [0.25, 0.3) is 0 Å². The van der Waals surface area contributed by atoms with Crippen LogP contribution < -0.4 is 5.32 Å². The number of nitrogens with one attached hydrogen (secondary N) is 1. The zero-order chi connectivity index (χ0) is 18.4. The Morgan fingerprint density at radius 3 is 2.48 bits per heavy atom. The summed E-state index contributed by atoms with van der Waals surface area (Å²) in [5.74, 6) is -2.46. The van der Waals surface area contributed by atoms with Crippen molar-refractivity contribution in [3.63, 3.8) is 0 Å². The molecule has 0 aliphatic heterocycles. The Bertz CT molecular complexity index is 765. The van der Waals surface area contributed by atoms with Gasteiger partial charge in [0.2, 0.25) is 0 Å². The number of amides is 1. The van der Waals surface area contributed by atoms with E-state index >= 15 is 0 Å². The fraction of sp³-hybridized carbons (Fsp3) is 0.222. The first kappa shape index (κ1) is 19.1. The van der Waals surface area contributed by atoms with Crippen LogP contribution >= 0.6 is 15.9 Å². The molecule has 1 amide bonds. The fourth-order valence-electron chi connectivity index (χ4n) is 2.06. The van der Waals surface area contributed by atoms with E-state index in [-0.39, 0.29) is 11.4 Å². The van der Waals surface area contributed by atoms with Crippen LogP contribution in [0.5, 0.6) is 0 Å². The van der Waals surface area contributed by atoms with E-state index in [1.165, 1.54) is 31.2 Å². The molecular formula is C18H16BrF2NO3. The Hall–Kier alpha value is -2.28. The minimum absolute atomic E-state index is 0.242. The summed E-state index contributed by atoms with van der Waals surface area (Å²) in [6.45, 7) is 1.71. The zero-order valence-corrected chi connectivity index (χ0v) is 15.0. The molecule has 132 valence electrons. The predicted octanol–water partition coefficient (Wildman–Crippen LogP) is 3.63. The number of benzene rings is 2. The second kappa shape index (κ2) is 8.71. The first-order valence-electron chi connectivity index (χ1n) is 7.55. The average molecular weight is 412 g/mol. The lowest BCUT2D eigenvalue weighted by Crippen LogP contribution is -2.37. The van der Waals surface area contributed by atoms with Crippen LogP contribution in [0.15, 0.2) is 46.9 Å². The molecule has 2 aromatic carbocycles. The van der Waals surface area contributed by atoms with Crippen molar-refractivity contribution in [2.24, 2.45) is 0 Å². The van der Waals surface area contributed by atoms with Crippen molar-refractivity contribution in [1.82, 2.24) is 5.32 Å². The van der Waals surface area contributed by atoms with Crippen molar-refractivity contribution < 1.29 is 23.1 Å². The van der Waals surface area contributed by atoms with Crippen molar-refractivity contribution in [2.75, 3.05) is 6.54 Å². The van der Waals surface area contributed by atoms with E-state index in [0.717, 1.165) is 11.6 Å². The summed E-state index contributed by atoms with van der Waals surface area (Å²) < 4.78 is 32.0. The summed E-state index contributed by atoms with van der Waals surface area (Å²) in [6, 6.07) is 9.86. The molecule has 2 rings (SSSR count). The molecule has 1 atom stereocenters. The molecule has 0 radical (unpaired) electrons. The lowest BCUT2D eigenvalue weighted by Gasteiger charge is -2.14. The summed E-state index contributed by atoms with van der Waals surface area (Å²) >= 11 is 3.09. The number of carbonyl (C=O) groups excluding carboxylic acids is 2. The molecular weight excluding hydrogens is 396 g/mol. The van der Waals surface area contributed by atoms with Gasteiger partial charge in [0.15, 0.2) is 6.10 Å². The van der Waals surface area contributed by atoms with E-state index in [0.29, 0.717) is 17.4 Å². The number of carbonyl (C=O) groups is 2. The first-order chi connectivity index (χ1) is 11.9. The van der Waals surface area contributed by atoms with Gasteiger partial charge in [0.25, 0.3) is 5.91 Å². The van der Waals surface area contributed by atoms with Crippen LogP contribution in [0.2, 0.25) is 0 Å². The van der Waals surface area contributed by atoms with E-state index in [1.807, 2.05) is 0 Å². The summed E-state index contributed by atoms with van der Waals surface area (Å²) in [6.07, 6.45) is -0.558. The Kier molecular flexibility index (Phi) is 6.64. The summed E-state index contributed by atoms with van der Waals surface area (Å²) in [5, 5.41) is 2.61. The highest BCUT2D eigenvalue weighted by atomic mass is 79.9. The second-order valence-corrected chi connectivity index (χ2v) is 6.25. The smallest absolute Gasteiger partial charge is 0.341 e. The van der Waals surface area contributed by atoms with Gasteiger partial charge in [-0.1, -0.05) is 28.1 Å². The van der Waals surface area contributed by atoms with Gasteiger partial charge in [-0.25, -0.2) is 13.6 Å². The van der Waals surface area contributed by atoms with Crippen molar-refractivity contribution in [3.8, 4) is 0 Å². The third-order valence-corrected chi connectivity index (χ3v) is 3.92. The van der Waals surface area contributed by atoms with Crippen LogP contribution in [0, 0.1) is 11.6 Å². The van der Waals surface area contributed by atoms with Crippen LogP contribution in [0.3, 0.4) is 0 Å². The van der Waals surface area contributed by atoms with Gasteiger partial charge in [-0.2, -0.15) is 0 Å². The molecule has 0 bridgehead atoms. The van der Waals surface area contributed by atoms with Crippen LogP contribution in [-0.4, -0.2) is 24.5 Å². The van der Waals surface area contributed by atoms with E-state index in [1.54, 1.807) is 12.1 Å². The molecule has 1 N–H and O–H groups in total. The fourth-order valence-corrected chi connectivity index (χ4v) is 2.39. The van der Waals surface area contributed by atoms with Crippen molar-refractivity contribution in [1.29, 1.82) is 0 Å². The zero-order valence-electron chi connectivity index (χ0n) is 13.4. The highest BCUT2D eigenvalue weighted by molar-refractivity contribution is 9.10. The highest BCUT2D eigenvalue weighted by Crippen LogP contribution is 2.16. The van der Waals surface area contributed by atoms with Gasteiger partial charge in [-0.3, -0.25) is 4.79 Å². The molecule has 4 nitrogen and oxygen atoms in total. The number of hydrogen-bond acceptors (Lipinski definition) is 3. The summed E-state index contributed by atoms with van der Waals surface area (Å²) in [5.41, 5.74) is 0.623. The maximum absolute atomic E-state index is 13.7. The number of hydrogen-bond donors (Lipinski definition) is 1. The molecule has 25 heavy (non-hydrogen) atoms. The Morgan fingerprint density at radius 2 is 1.84 bits per heavy atom. The third kappa shape index (κ3) is 5.63. The topological polar surface area (TPSA) is 55.4 Å². The third-order valence-electron chi connectivity index (χ3n) is 3.43. The number of esters is 1. The number of halogens is 3. The van der Waals surface area contributed by atoms with E-state index in [4.69, 9.17) is 4.74 Å². The molecule has 0 saturated heterocycles. The minimum Gasteiger partial charge on any atom is -0.449 e. The van der Waals surface area contributed by atoms with Gasteiger partial charge in [0.1, 0.15) is 11.6 Å². The Balaban J connectivity index is 1.83. The Morgan fingerprint density at radius 1 is 1.16 bits per heavy atom. The maximum Gasteiger partial charge on any atom is 0.341 e. The molecule has 0 fully saturated rings. The van der Waals surface area contributed by atoms with E-state index < -0.39 is 23.8 Å². The molecule has 0 heterocycles. The molecule has 0 aliphatic carbocycles. The van der Waals surface area contributed by atoms with Gasteiger partial charge in [-0.15, -0.1) is 0 Å². The summed E-state index contributed by atoms with van der Waals surface area (Å²) in [4.78, 5) is 23.9. The van der Waals surface area contributed by atoms with Gasteiger partial charge in [0, 0.05) is 11.0 Å². The van der Waals surface area contributed by atoms with Crippen molar-refractivity contribution >= 4 is 27.8 Å². The standard InChI is InChI=1S/C18H16BrF2NO3/c1-11(25-18(24)15-7-4-13(19)10-16(15)21)17(23)22-9-8-12-2-5-14(20)6-3-12/h2-7,10-11H,8-9H2,1H3,(H,22,23)/t11-/m1/s1. The largest absolute Gasteiger partial charge is 0.449 e. The monoisotopic (exact) mass is 411 g/mol. The summed E-state index contributed by atoms with van der Waals surface area (Å²) in [7, 11) is 0. The normalized spacial score (nSPS) is 11.7. The molecule has 0 aromatic heterocycles. The Labute approximate surface area is 152 Å². The van der Waals surface area contributed by atoms with Crippen molar-refractivity contribution in [2.45, 2.75) is 19.4 Å². The lowest BCUT2D eigenvalue weighted by atomic mass is 10.1. The molecule has 0 spiro atoms.